The SMILES string of the molecule is CNCCc1ccccc1CN1CCC(C)C1. The molecule has 0 saturated carbocycles. The van der Waals surface area contributed by atoms with E-state index in [4.69, 9.17) is 0 Å². The minimum atomic E-state index is 0.875. The van der Waals surface area contributed by atoms with Crippen molar-refractivity contribution in [3.63, 3.8) is 0 Å². The molecule has 1 fully saturated rings. The van der Waals surface area contributed by atoms with Gasteiger partial charge in [-0.15, -0.1) is 0 Å². The van der Waals surface area contributed by atoms with Crippen LogP contribution < -0.4 is 5.32 Å². The minimum absolute atomic E-state index is 0.875. The van der Waals surface area contributed by atoms with Crippen LogP contribution in [0, 0.1) is 5.92 Å². The third kappa shape index (κ3) is 3.55. The molecule has 1 heterocycles. The lowest BCUT2D eigenvalue weighted by molar-refractivity contribution is 0.319. The highest BCUT2D eigenvalue weighted by Gasteiger charge is 2.19. The van der Waals surface area contributed by atoms with Crippen LogP contribution in [0.2, 0.25) is 0 Å². The second-order valence-electron chi connectivity index (χ2n) is 5.25. The Labute approximate surface area is 105 Å². The van der Waals surface area contributed by atoms with Crippen LogP contribution in [0.4, 0.5) is 0 Å². The zero-order valence-electron chi connectivity index (χ0n) is 11.1. The molecule has 0 spiro atoms. The van der Waals surface area contributed by atoms with Crippen LogP contribution in [0.5, 0.6) is 0 Å². The Morgan fingerprint density at radius 1 is 1.29 bits per heavy atom. The van der Waals surface area contributed by atoms with E-state index in [1.165, 1.54) is 30.6 Å². The lowest BCUT2D eigenvalue weighted by atomic mass is 10.0. The molecule has 2 nitrogen and oxygen atoms in total. The number of hydrogen-bond donors (Lipinski definition) is 1. The Morgan fingerprint density at radius 3 is 2.71 bits per heavy atom. The van der Waals surface area contributed by atoms with E-state index in [1.54, 1.807) is 0 Å². The van der Waals surface area contributed by atoms with Crippen LogP contribution in [0.25, 0.3) is 0 Å². The van der Waals surface area contributed by atoms with Gasteiger partial charge in [0.15, 0.2) is 0 Å². The zero-order chi connectivity index (χ0) is 12.1. The van der Waals surface area contributed by atoms with E-state index in [-0.39, 0.29) is 0 Å². The van der Waals surface area contributed by atoms with Gasteiger partial charge in [0.2, 0.25) is 0 Å². The Balaban J connectivity index is 1.99. The van der Waals surface area contributed by atoms with Crippen molar-refractivity contribution in [1.82, 2.24) is 10.2 Å². The van der Waals surface area contributed by atoms with Gasteiger partial charge in [-0.3, -0.25) is 4.90 Å². The lowest BCUT2D eigenvalue weighted by Gasteiger charge is -2.18. The van der Waals surface area contributed by atoms with Crippen molar-refractivity contribution >= 4 is 0 Å². The molecule has 0 aliphatic carbocycles. The molecule has 17 heavy (non-hydrogen) atoms. The molecule has 1 aliphatic rings. The topological polar surface area (TPSA) is 15.3 Å². The summed E-state index contributed by atoms with van der Waals surface area (Å²) in [6.45, 7) is 7.08. The monoisotopic (exact) mass is 232 g/mol. The summed E-state index contributed by atoms with van der Waals surface area (Å²) >= 11 is 0. The number of nitrogens with one attached hydrogen (secondary N) is 1. The first-order chi connectivity index (χ1) is 8.29. The molecule has 0 aromatic heterocycles. The maximum Gasteiger partial charge on any atom is 0.0236 e. The second kappa shape index (κ2) is 6.18. The quantitative estimate of drug-likeness (QED) is 0.838. The van der Waals surface area contributed by atoms with E-state index >= 15 is 0 Å². The van der Waals surface area contributed by atoms with E-state index < -0.39 is 0 Å². The summed E-state index contributed by atoms with van der Waals surface area (Å²) in [4.78, 5) is 2.59. The van der Waals surface area contributed by atoms with Crippen molar-refractivity contribution in [2.45, 2.75) is 26.3 Å². The Hall–Kier alpha value is -0.860. The van der Waals surface area contributed by atoms with Crippen LogP contribution >= 0.6 is 0 Å². The standard InChI is InChI=1S/C15H24N2/c1-13-8-10-17(11-13)12-15-6-4-3-5-14(15)7-9-16-2/h3-6,13,16H,7-12H2,1-2H3. The fourth-order valence-electron chi connectivity index (χ4n) is 2.63. The molecule has 2 rings (SSSR count). The highest BCUT2D eigenvalue weighted by atomic mass is 15.1. The van der Waals surface area contributed by atoms with Gasteiger partial charge in [-0.1, -0.05) is 31.2 Å². The summed E-state index contributed by atoms with van der Waals surface area (Å²) in [6.07, 6.45) is 2.49. The van der Waals surface area contributed by atoms with Gasteiger partial charge in [0.25, 0.3) is 0 Å². The Morgan fingerprint density at radius 2 is 2.06 bits per heavy atom. The third-order valence-electron chi connectivity index (χ3n) is 3.66. The first-order valence-corrected chi connectivity index (χ1v) is 6.73. The molecule has 1 N–H and O–H groups in total. The van der Waals surface area contributed by atoms with E-state index in [2.05, 4.69) is 41.4 Å². The van der Waals surface area contributed by atoms with Gasteiger partial charge >= 0.3 is 0 Å². The predicted molar refractivity (Wildman–Crippen MR) is 73.1 cm³/mol. The van der Waals surface area contributed by atoms with Gasteiger partial charge in [0.1, 0.15) is 0 Å². The average Bonchev–Trinajstić information content (AvgIpc) is 2.74. The number of likely N-dealkylation sites (tertiary alicyclic amines) is 1. The maximum absolute atomic E-state index is 3.23. The van der Waals surface area contributed by atoms with Crippen LogP contribution in [-0.2, 0) is 13.0 Å². The Kier molecular flexibility index (Phi) is 4.57. The highest BCUT2D eigenvalue weighted by Crippen LogP contribution is 2.19. The molecule has 0 radical (unpaired) electrons. The summed E-state index contributed by atoms with van der Waals surface area (Å²) in [5.41, 5.74) is 3.01. The molecule has 1 saturated heterocycles. The van der Waals surface area contributed by atoms with Crippen molar-refractivity contribution < 1.29 is 0 Å². The van der Waals surface area contributed by atoms with Crippen molar-refractivity contribution in [3.05, 3.63) is 35.4 Å². The molecular formula is C15H24N2. The highest BCUT2D eigenvalue weighted by molar-refractivity contribution is 5.27. The van der Waals surface area contributed by atoms with E-state index in [1.807, 2.05) is 7.05 Å². The Bertz CT molecular complexity index is 349. The summed E-state index contributed by atoms with van der Waals surface area (Å²) in [6, 6.07) is 8.87. The van der Waals surface area contributed by atoms with Gasteiger partial charge < -0.3 is 5.32 Å². The number of nitrogens with zero attached hydrogens (tertiary/aromatic N) is 1. The fraction of sp³-hybridized carbons (Fsp3) is 0.600. The van der Waals surface area contributed by atoms with Crippen LogP contribution in [0.3, 0.4) is 0 Å². The summed E-state index contributed by atoms with van der Waals surface area (Å²) < 4.78 is 0. The van der Waals surface area contributed by atoms with Gasteiger partial charge in [-0.25, -0.2) is 0 Å². The van der Waals surface area contributed by atoms with E-state index in [0.717, 1.165) is 25.4 Å². The molecule has 1 aliphatic heterocycles. The average molecular weight is 232 g/mol. The first kappa shape index (κ1) is 12.6. The van der Waals surface area contributed by atoms with Gasteiger partial charge in [-0.05, 0) is 50.0 Å². The molecule has 0 bridgehead atoms. The van der Waals surface area contributed by atoms with Gasteiger partial charge in [0, 0.05) is 13.1 Å². The molecule has 2 heteroatoms. The first-order valence-electron chi connectivity index (χ1n) is 6.73. The fourth-order valence-corrected chi connectivity index (χ4v) is 2.63. The minimum Gasteiger partial charge on any atom is -0.319 e. The predicted octanol–water partition coefficient (Wildman–Crippen LogP) is 2.29. The van der Waals surface area contributed by atoms with E-state index in [9.17, 15) is 0 Å². The van der Waals surface area contributed by atoms with Crippen molar-refractivity contribution in [2.24, 2.45) is 5.92 Å². The summed E-state index contributed by atoms with van der Waals surface area (Å²) in [7, 11) is 2.02. The van der Waals surface area contributed by atoms with Gasteiger partial charge in [0.05, 0.1) is 0 Å². The number of hydrogen-bond acceptors (Lipinski definition) is 2. The van der Waals surface area contributed by atoms with Crippen molar-refractivity contribution in [3.8, 4) is 0 Å². The molecule has 0 amide bonds. The number of benzene rings is 1. The summed E-state index contributed by atoms with van der Waals surface area (Å²) in [5.74, 6) is 0.875. The van der Waals surface area contributed by atoms with Crippen molar-refractivity contribution in [2.75, 3.05) is 26.7 Å². The van der Waals surface area contributed by atoms with Crippen molar-refractivity contribution in [1.29, 1.82) is 0 Å². The molecule has 1 aromatic carbocycles. The second-order valence-corrected chi connectivity index (χ2v) is 5.25. The van der Waals surface area contributed by atoms with Crippen LogP contribution in [0.1, 0.15) is 24.5 Å². The van der Waals surface area contributed by atoms with Gasteiger partial charge in [-0.2, -0.15) is 0 Å². The molecule has 1 unspecified atom stereocenters. The van der Waals surface area contributed by atoms with Crippen LogP contribution in [-0.4, -0.2) is 31.6 Å². The molecule has 94 valence electrons. The largest absolute Gasteiger partial charge is 0.319 e. The summed E-state index contributed by atoms with van der Waals surface area (Å²) in [5, 5.41) is 3.23. The number of rotatable bonds is 5. The lowest BCUT2D eigenvalue weighted by Crippen LogP contribution is -2.21. The number of likely N-dealkylation sites (N-methyl/N-ethyl adjacent to an activating group) is 1. The normalized spacial score (nSPS) is 20.9. The van der Waals surface area contributed by atoms with E-state index in [0.29, 0.717) is 0 Å². The zero-order valence-corrected chi connectivity index (χ0v) is 11.1. The smallest absolute Gasteiger partial charge is 0.0236 e. The maximum atomic E-state index is 3.23. The van der Waals surface area contributed by atoms with Crippen LogP contribution in [0.15, 0.2) is 24.3 Å². The molecular weight excluding hydrogens is 208 g/mol. The molecule has 1 aromatic rings. The third-order valence-corrected chi connectivity index (χ3v) is 3.66. The molecule has 1 atom stereocenters.